The number of carbonyl (C=O) groups excluding carboxylic acids is 1. The Morgan fingerprint density at radius 3 is 2.40 bits per heavy atom. The summed E-state index contributed by atoms with van der Waals surface area (Å²) in [6, 6.07) is 5.25. The number of hydrogen-bond acceptors (Lipinski definition) is 5. The number of ether oxygens (including phenoxy) is 1. The maximum atomic E-state index is 15.4. The average molecular weight is 521 g/mol. The van der Waals surface area contributed by atoms with Gasteiger partial charge in [0.25, 0.3) is 5.91 Å². The zero-order valence-corrected chi connectivity index (χ0v) is 19.1. The molecule has 0 unspecified atom stereocenters. The minimum absolute atomic E-state index is 0.171. The van der Waals surface area contributed by atoms with Crippen LogP contribution in [0.2, 0.25) is 5.02 Å². The Bertz CT molecular complexity index is 1320. The summed E-state index contributed by atoms with van der Waals surface area (Å²) in [5.41, 5.74) is -4.43. The number of halogens is 6. The fraction of sp³-hybridized carbons (Fsp3) is 0.286. The first-order chi connectivity index (χ1) is 16.1. The molecule has 14 heteroatoms. The van der Waals surface area contributed by atoms with Gasteiger partial charge in [-0.1, -0.05) is 17.7 Å². The Labute approximate surface area is 199 Å². The van der Waals surface area contributed by atoms with E-state index in [9.17, 15) is 32.3 Å². The number of nitrogens with one attached hydrogen (secondary N) is 1. The van der Waals surface area contributed by atoms with Crippen LogP contribution in [-0.4, -0.2) is 38.1 Å². The third-order valence-electron chi connectivity index (χ3n) is 4.66. The van der Waals surface area contributed by atoms with E-state index >= 15 is 4.39 Å². The summed E-state index contributed by atoms with van der Waals surface area (Å²) in [5, 5.41) is 15.9. The monoisotopic (exact) mass is 520 g/mol. The maximum absolute atomic E-state index is 15.4. The summed E-state index contributed by atoms with van der Waals surface area (Å²) in [5.74, 6) is -5.03. The largest absolute Gasteiger partial charge is 0.480 e. The highest BCUT2D eigenvalue weighted by atomic mass is 35.5. The minimum atomic E-state index is -4.90. The molecular weight excluding hydrogens is 503 g/mol. The van der Waals surface area contributed by atoms with Crippen LogP contribution in [0.4, 0.5) is 27.6 Å². The lowest BCUT2D eigenvalue weighted by molar-refractivity contribution is -0.153. The third kappa shape index (κ3) is 5.46. The van der Waals surface area contributed by atoms with Crippen LogP contribution in [0.15, 0.2) is 35.1 Å². The molecule has 35 heavy (non-hydrogen) atoms. The molecule has 0 aliphatic heterocycles. The molecule has 1 amide bonds. The molecule has 3 aromatic rings. The van der Waals surface area contributed by atoms with Crippen LogP contribution in [0.25, 0.3) is 5.69 Å². The summed E-state index contributed by atoms with van der Waals surface area (Å²) in [6.45, 7) is 0.656. The van der Waals surface area contributed by atoms with Gasteiger partial charge in [-0.15, -0.1) is 5.10 Å². The highest BCUT2D eigenvalue weighted by Gasteiger charge is 2.32. The number of rotatable bonds is 6. The van der Waals surface area contributed by atoms with E-state index < -0.39 is 64.3 Å². The van der Waals surface area contributed by atoms with Crippen molar-refractivity contribution in [3.05, 3.63) is 68.9 Å². The van der Waals surface area contributed by atoms with Gasteiger partial charge in [-0.05, 0) is 38.1 Å². The van der Waals surface area contributed by atoms with Crippen molar-refractivity contribution < 1.29 is 36.6 Å². The predicted molar refractivity (Wildman–Crippen MR) is 115 cm³/mol. The fourth-order valence-electron chi connectivity index (χ4n) is 3.11. The van der Waals surface area contributed by atoms with Gasteiger partial charge in [0, 0.05) is 7.05 Å². The van der Waals surface area contributed by atoms with Crippen molar-refractivity contribution in [1.29, 1.82) is 0 Å². The van der Waals surface area contributed by atoms with Gasteiger partial charge in [0.05, 0.1) is 16.3 Å². The average Bonchev–Trinajstić information content (AvgIpc) is 3.04. The Hall–Kier alpha value is -3.45. The lowest BCUT2D eigenvalue weighted by atomic mass is 10.1. The van der Waals surface area contributed by atoms with Crippen LogP contribution in [0.1, 0.15) is 30.0 Å². The van der Waals surface area contributed by atoms with Gasteiger partial charge in [-0.3, -0.25) is 9.36 Å². The number of hydrogen-bond donors (Lipinski definition) is 2. The summed E-state index contributed by atoms with van der Waals surface area (Å²) >= 11 is 5.85. The number of anilines is 1. The second-order valence-corrected chi connectivity index (χ2v) is 8.27. The summed E-state index contributed by atoms with van der Waals surface area (Å²) in [4.78, 5) is 25.3. The van der Waals surface area contributed by atoms with Gasteiger partial charge >= 0.3 is 11.9 Å². The second-order valence-electron chi connectivity index (χ2n) is 7.87. The molecule has 188 valence electrons. The van der Waals surface area contributed by atoms with E-state index in [0.717, 1.165) is 22.8 Å². The number of benzene rings is 2. The Morgan fingerprint density at radius 1 is 1.20 bits per heavy atom. The molecule has 8 nitrogen and oxygen atoms in total. The lowest BCUT2D eigenvalue weighted by Crippen LogP contribution is -2.26. The van der Waals surface area contributed by atoms with E-state index in [0.29, 0.717) is 4.68 Å². The summed E-state index contributed by atoms with van der Waals surface area (Å²) in [7, 11) is 1.25. The van der Waals surface area contributed by atoms with Gasteiger partial charge in [-0.2, -0.15) is 17.9 Å². The van der Waals surface area contributed by atoms with Crippen molar-refractivity contribution in [1.82, 2.24) is 14.3 Å². The number of amides is 1. The van der Waals surface area contributed by atoms with Crippen molar-refractivity contribution in [3.8, 4) is 11.4 Å². The van der Waals surface area contributed by atoms with E-state index in [-0.39, 0.29) is 10.8 Å². The number of alkyl halides is 3. The lowest BCUT2D eigenvalue weighted by Gasteiger charge is -2.16. The molecule has 3 rings (SSSR count). The van der Waals surface area contributed by atoms with Crippen molar-refractivity contribution in [2.24, 2.45) is 7.05 Å². The zero-order chi connectivity index (χ0) is 26.3. The van der Waals surface area contributed by atoms with Crippen LogP contribution in [0.5, 0.6) is 5.75 Å². The number of nitrogens with zero attached hydrogens (tertiary/aromatic N) is 3. The standard InChI is InChI=1S/C21H18ClF5N4O4/c1-20(2,34)18-29-31(19(33)30(18)3)13-8-7-10(16(14(13)24)35-9-21(25,26)27)17(32)28-15-11(22)5-4-6-12(15)23/h4-8,34H,9H2,1-3H3,(H,28,32). The van der Waals surface area contributed by atoms with Gasteiger partial charge in [-0.25, -0.2) is 13.6 Å². The molecule has 0 aliphatic carbocycles. The first-order valence-electron chi connectivity index (χ1n) is 9.78. The van der Waals surface area contributed by atoms with Crippen LogP contribution < -0.4 is 15.7 Å². The number of aromatic nitrogens is 3. The van der Waals surface area contributed by atoms with E-state index in [2.05, 4.69) is 15.2 Å². The molecule has 1 aromatic heterocycles. The molecule has 0 radical (unpaired) electrons. The molecule has 0 spiro atoms. The van der Waals surface area contributed by atoms with Crippen LogP contribution >= 0.6 is 11.6 Å². The van der Waals surface area contributed by atoms with Crippen LogP contribution in [0.3, 0.4) is 0 Å². The van der Waals surface area contributed by atoms with Gasteiger partial charge in [0.2, 0.25) is 0 Å². The summed E-state index contributed by atoms with van der Waals surface area (Å²) < 4.78 is 73.9. The topological polar surface area (TPSA) is 98.4 Å². The van der Waals surface area contributed by atoms with E-state index in [4.69, 9.17) is 11.6 Å². The van der Waals surface area contributed by atoms with Gasteiger partial charge < -0.3 is 15.2 Å². The van der Waals surface area contributed by atoms with Gasteiger partial charge in [0.15, 0.2) is 24.0 Å². The zero-order valence-electron chi connectivity index (χ0n) is 18.4. The fourth-order valence-corrected chi connectivity index (χ4v) is 3.32. The minimum Gasteiger partial charge on any atom is -0.480 e. The molecule has 0 aliphatic rings. The van der Waals surface area contributed by atoms with Crippen LogP contribution in [-0.2, 0) is 12.6 Å². The number of carbonyl (C=O) groups is 1. The third-order valence-corrected chi connectivity index (χ3v) is 4.97. The normalized spacial score (nSPS) is 12.1. The van der Waals surface area contributed by atoms with Crippen molar-refractivity contribution in [2.75, 3.05) is 11.9 Å². The van der Waals surface area contributed by atoms with Crippen molar-refractivity contribution in [3.63, 3.8) is 0 Å². The number of para-hydroxylation sites is 1. The first kappa shape index (κ1) is 26.2. The highest BCUT2D eigenvalue weighted by Crippen LogP contribution is 2.32. The van der Waals surface area contributed by atoms with Gasteiger partial charge in [0.1, 0.15) is 17.1 Å². The molecule has 0 bridgehead atoms. The maximum Gasteiger partial charge on any atom is 0.422 e. The molecular formula is C21H18ClF5N4O4. The molecule has 0 atom stereocenters. The smallest absolute Gasteiger partial charge is 0.422 e. The first-order valence-corrected chi connectivity index (χ1v) is 10.2. The van der Waals surface area contributed by atoms with Crippen molar-refractivity contribution in [2.45, 2.75) is 25.6 Å². The van der Waals surface area contributed by atoms with Crippen molar-refractivity contribution >= 4 is 23.2 Å². The number of aliphatic hydroxyl groups is 1. The van der Waals surface area contributed by atoms with E-state index in [1.807, 2.05) is 0 Å². The SMILES string of the molecule is Cn1c(C(C)(C)O)nn(-c2ccc(C(=O)Nc3c(F)cccc3Cl)c(OCC(F)(F)F)c2F)c1=O. The molecule has 2 N–H and O–H groups in total. The molecule has 0 fully saturated rings. The molecule has 2 aromatic carbocycles. The second kappa shape index (κ2) is 9.30. The predicted octanol–water partition coefficient (Wildman–Crippen LogP) is 3.92. The highest BCUT2D eigenvalue weighted by molar-refractivity contribution is 6.34. The van der Waals surface area contributed by atoms with E-state index in [1.165, 1.54) is 33.0 Å². The van der Waals surface area contributed by atoms with E-state index in [1.54, 1.807) is 0 Å². The quantitative estimate of drug-likeness (QED) is 0.480. The van der Waals surface area contributed by atoms with Crippen LogP contribution in [0, 0.1) is 11.6 Å². The Balaban J connectivity index is 2.14. The Morgan fingerprint density at radius 2 is 1.86 bits per heavy atom. The summed E-state index contributed by atoms with van der Waals surface area (Å²) in [6.07, 6.45) is -4.90. The molecule has 0 saturated heterocycles. The molecule has 0 saturated carbocycles. The molecule has 1 heterocycles. The Kier molecular flexibility index (Phi) is 6.95.